The summed E-state index contributed by atoms with van der Waals surface area (Å²) in [6, 6.07) is 5.57. The minimum absolute atomic E-state index is 0.294. The average molecular weight is 278 g/mol. The van der Waals surface area contributed by atoms with Crippen LogP contribution >= 0.6 is 11.8 Å². The smallest absolute Gasteiger partial charge is 0.406 e. The normalized spacial score (nSPS) is 28.4. The predicted molar refractivity (Wildman–Crippen MR) is 63.6 cm³/mol. The summed E-state index contributed by atoms with van der Waals surface area (Å²) >= 11 is 1.60. The molecule has 0 bridgehead atoms. The van der Waals surface area contributed by atoms with Gasteiger partial charge in [0.05, 0.1) is 5.60 Å². The molecular formula is C12H13F3O2S. The van der Waals surface area contributed by atoms with Crippen molar-refractivity contribution in [1.82, 2.24) is 0 Å². The highest BCUT2D eigenvalue weighted by Crippen LogP contribution is 2.42. The van der Waals surface area contributed by atoms with Gasteiger partial charge in [0, 0.05) is 11.0 Å². The number of hydrogen-bond donors (Lipinski definition) is 1. The molecule has 1 N–H and O–H groups in total. The standard InChI is InChI=1S/C12H13F3O2S/c1-8-6-11(16,7-18-8)9-3-2-4-10(5-9)17-12(13,14)15/h2-5,8,16H,6-7H2,1H3. The van der Waals surface area contributed by atoms with Crippen LogP contribution in [-0.2, 0) is 5.60 Å². The van der Waals surface area contributed by atoms with Crippen molar-refractivity contribution < 1.29 is 23.0 Å². The van der Waals surface area contributed by atoms with E-state index in [-0.39, 0.29) is 5.75 Å². The molecule has 2 unspecified atom stereocenters. The molecule has 0 spiro atoms. The molecule has 2 atom stereocenters. The summed E-state index contributed by atoms with van der Waals surface area (Å²) < 4.78 is 40.2. The van der Waals surface area contributed by atoms with Crippen LogP contribution in [0.15, 0.2) is 24.3 Å². The summed E-state index contributed by atoms with van der Waals surface area (Å²) in [5, 5.41) is 10.7. The van der Waals surface area contributed by atoms with Crippen LogP contribution in [0, 0.1) is 0 Å². The monoisotopic (exact) mass is 278 g/mol. The number of aliphatic hydroxyl groups is 1. The second-order valence-electron chi connectivity index (χ2n) is 4.43. The van der Waals surface area contributed by atoms with E-state index >= 15 is 0 Å². The van der Waals surface area contributed by atoms with E-state index in [1.807, 2.05) is 6.92 Å². The summed E-state index contributed by atoms with van der Waals surface area (Å²) in [5.41, 5.74) is -0.587. The number of ether oxygens (including phenoxy) is 1. The van der Waals surface area contributed by atoms with Gasteiger partial charge in [-0.05, 0) is 24.1 Å². The molecule has 1 aromatic rings. The minimum atomic E-state index is -4.71. The SMILES string of the molecule is CC1CC(O)(c2cccc(OC(F)(F)F)c2)CS1. The van der Waals surface area contributed by atoms with Gasteiger partial charge in [0.2, 0.25) is 0 Å². The third kappa shape index (κ3) is 3.11. The third-order valence-electron chi connectivity index (χ3n) is 2.84. The van der Waals surface area contributed by atoms with Crippen LogP contribution in [0.4, 0.5) is 13.2 Å². The van der Waals surface area contributed by atoms with E-state index in [9.17, 15) is 18.3 Å². The number of alkyl halides is 3. The number of rotatable bonds is 2. The predicted octanol–water partition coefficient (Wildman–Crippen LogP) is 3.30. The highest BCUT2D eigenvalue weighted by atomic mass is 32.2. The average Bonchev–Trinajstić information content (AvgIpc) is 2.58. The minimum Gasteiger partial charge on any atom is -0.406 e. The Kier molecular flexibility index (Phi) is 3.51. The van der Waals surface area contributed by atoms with Gasteiger partial charge in [-0.15, -0.1) is 13.2 Å². The summed E-state index contributed by atoms with van der Waals surface area (Å²) in [6.45, 7) is 1.98. The lowest BCUT2D eigenvalue weighted by atomic mass is 9.91. The summed E-state index contributed by atoms with van der Waals surface area (Å²) in [5.74, 6) is 0.196. The second-order valence-corrected chi connectivity index (χ2v) is 5.86. The first-order chi connectivity index (χ1) is 8.28. The van der Waals surface area contributed by atoms with Crippen molar-refractivity contribution in [3.8, 4) is 5.75 Å². The maximum Gasteiger partial charge on any atom is 0.573 e. The molecule has 100 valence electrons. The topological polar surface area (TPSA) is 29.5 Å². The molecule has 1 heterocycles. The van der Waals surface area contributed by atoms with Gasteiger partial charge in [0.1, 0.15) is 5.75 Å². The fraction of sp³-hybridized carbons (Fsp3) is 0.500. The molecule has 1 saturated heterocycles. The van der Waals surface area contributed by atoms with Crippen LogP contribution in [0.25, 0.3) is 0 Å². The van der Waals surface area contributed by atoms with E-state index < -0.39 is 12.0 Å². The zero-order valence-electron chi connectivity index (χ0n) is 9.70. The van der Waals surface area contributed by atoms with E-state index in [0.717, 1.165) is 0 Å². The number of thioether (sulfide) groups is 1. The molecule has 0 saturated carbocycles. The summed E-state index contributed by atoms with van der Waals surface area (Å²) in [6.07, 6.45) is -4.17. The molecule has 0 aliphatic carbocycles. The van der Waals surface area contributed by atoms with Crippen molar-refractivity contribution in [2.24, 2.45) is 0 Å². The third-order valence-corrected chi connectivity index (χ3v) is 4.22. The van der Waals surface area contributed by atoms with Gasteiger partial charge >= 0.3 is 6.36 Å². The molecule has 1 fully saturated rings. The van der Waals surface area contributed by atoms with Crippen LogP contribution in [-0.4, -0.2) is 22.5 Å². The van der Waals surface area contributed by atoms with Gasteiger partial charge in [0.15, 0.2) is 0 Å². The van der Waals surface area contributed by atoms with Crippen molar-refractivity contribution in [3.05, 3.63) is 29.8 Å². The molecule has 1 aliphatic heterocycles. The Balaban J connectivity index is 2.22. The van der Waals surface area contributed by atoms with Crippen molar-refractivity contribution in [2.45, 2.75) is 30.6 Å². The zero-order chi connectivity index (χ0) is 13.4. The maximum absolute atomic E-state index is 12.1. The highest BCUT2D eigenvalue weighted by molar-refractivity contribution is 8.00. The fourth-order valence-corrected chi connectivity index (χ4v) is 3.30. The zero-order valence-corrected chi connectivity index (χ0v) is 10.5. The molecule has 0 amide bonds. The van der Waals surface area contributed by atoms with E-state index in [1.165, 1.54) is 18.2 Å². The van der Waals surface area contributed by atoms with Gasteiger partial charge in [-0.25, -0.2) is 0 Å². The van der Waals surface area contributed by atoms with Crippen LogP contribution in [0.5, 0.6) is 5.75 Å². The van der Waals surface area contributed by atoms with Crippen molar-refractivity contribution in [2.75, 3.05) is 5.75 Å². The van der Waals surface area contributed by atoms with Crippen molar-refractivity contribution >= 4 is 11.8 Å². The van der Waals surface area contributed by atoms with Crippen LogP contribution in [0.2, 0.25) is 0 Å². The highest BCUT2D eigenvalue weighted by Gasteiger charge is 2.38. The van der Waals surface area contributed by atoms with Crippen LogP contribution in [0.3, 0.4) is 0 Å². The largest absolute Gasteiger partial charge is 0.573 e. The molecule has 0 radical (unpaired) electrons. The Morgan fingerprint density at radius 1 is 1.44 bits per heavy atom. The Morgan fingerprint density at radius 2 is 2.17 bits per heavy atom. The van der Waals surface area contributed by atoms with Crippen LogP contribution < -0.4 is 4.74 Å². The first-order valence-corrected chi connectivity index (χ1v) is 6.54. The molecular weight excluding hydrogens is 265 g/mol. The Bertz CT molecular complexity index is 436. The molecule has 18 heavy (non-hydrogen) atoms. The van der Waals surface area contributed by atoms with Crippen molar-refractivity contribution in [3.63, 3.8) is 0 Å². The van der Waals surface area contributed by atoms with Crippen LogP contribution in [0.1, 0.15) is 18.9 Å². The fourth-order valence-electron chi connectivity index (χ4n) is 2.06. The second kappa shape index (κ2) is 4.66. The van der Waals surface area contributed by atoms with Gasteiger partial charge in [-0.3, -0.25) is 0 Å². The number of halogens is 3. The molecule has 0 aromatic heterocycles. The number of hydrogen-bond acceptors (Lipinski definition) is 3. The molecule has 2 nitrogen and oxygen atoms in total. The Morgan fingerprint density at radius 3 is 2.72 bits per heavy atom. The lowest BCUT2D eigenvalue weighted by molar-refractivity contribution is -0.274. The quantitative estimate of drug-likeness (QED) is 0.900. The Labute approximate surface area is 107 Å². The molecule has 6 heteroatoms. The molecule has 1 aliphatic rings. The van der Waals surface area contributed by atoms with Crippen molar-refractivity contribution in [1.29, 1.82) is 0 Å². The first kappa shape index (κ1) is 13.5. The lowest BCUT2D eigenvalue weighted by Gasteiger charge is -2.23. The lowest BCUT2D eigenvalue weighted by Crippen LogP contribution is -2.26. The van der Waals surface area contributed by atoms with Gasteiger partial charge < -0.3 is 9.84 Å². The van der Waals surface area contributed by atoms with Gasteiger partial charge in [0.25, 0.3) is 0 Å². The number of benzene rings is 1. The van der Waals surface area contributed by atoms with Gasteiger partial charge in [-0.2, -0.15) is 11.8 Å². The summed E-state index contributed by atoms with van der Waals surface area (Å²) in [4.78, 5) is 0. The van der Waals surface area contributed by atoms with E-state index in [2.05, 4.69) is 4.74 Å². The summed E-state index contributed by atoms with van der Waals surface area (Å²) in [7, 11) is 0. The van der Waals surface area contributed by atoms with E-state index in [4.69, 9.17) is 0 Å². The maximum atomic E-state index is 12.1. The first-order valence-electron chi connectivity index (χ1n) is 5.49. The van der Waals surface area contributed by atoms with E-state index in [0.29, 0.717) is 23.0 Å². The molecule has 1 aromatic carbocycles. The van der Waals surface area contributed by atoms with Gasteiger partial charge in [-0.1, -0.05) is 19.1 Å². The Hall–Kier alpha value is -0.880. The van der Waals surface area contributed by atoms with E-state index in [1.54, 1.807) is 17.8 Å². The molecule has 2 rings (SSSR count).